The first-order valence-electron chi connectivity index (χ1n) is 6.94. The molecule has 2 bridgehead atoms. The molecule has 1 saturated heterocycles. The maximum absolute atomic E-state index is 11.9. The van der Waals surface area contributed by atoms with E-state index in [-0.39, 0.29) is 5.56 Å². The fourth-order valence-corrected chi connectivity index (χ4v) is 3.78. The second-order valence-electron chi connectivity index (χ2n) is 5.87. The van der Waals surface area contributed by atoms with Crippen molar-refractivity contribution in [3.8, 4) is 0 Å². The number of nitrogens with one attached hydrogen (secondary N) is 1. The highest BCUT2D eigenvalue weighted by molar-refractivity contribution is 6.18. The zero-order chi connectivity index (χ0) is 13.4. The van der Waals surface area contributed by atoms with Gasteiger partial charge in [-0.1, -0.05) is 6.07 Å². The van der Waals surface area contributed by atoms with Crippen LogP contribution >= 0.6 is 11.6 Å². The van der Waals surface area contributed by atoms with E-state index in [1.165, 1.54) is 17.0 Å². The number of piperidine rings is 1. The van der Waals surface area contributed by atoms with E-state index in [2.05, 4.69) is 6.07 Å². The van der Waals surface area contributed by atoms with Gasteiger partial charge in [-0.2, -0.15) is 0 Å². The number of quaternary nitrogens is 1. The van der Waals surface area contributed by atoms with Crippen LogP contribution in [0.1, 0.15) is 18.0 Å². The molecule has 0 saturated carbocycles. The lowest BCUT2D eigenvalue weighted by molar-refractivity contribution is -0.913. The van der Waals surface area contributed by atoms with E-state index in [0.717, 1.165) is 19.6 Å². The molecule has 1 aromatic rings. The fraction of sp³-hybridized carbons (Fsp3) is 0.643. The molecule has 104 valence electrons. The van der Waals surface area contributed by atoms with Crippen molar-refractivity contribution >= 4 is 11.6 Å². The summed E-state index contributed by atoms with van der Waals surface area (Å²) in [4.78, 5) is 13.3. The number of hydrogen-bond donors (Lipinski definition) is 2. The van der Waals surface area contributed by atoms with Crippen LogP contribution in [0.15, 0.2) is 23.0 Å². The normalized spacial score (nSPS) is 30.7. The smallest absolute Gasteiger partial charge is 0.250 e. The topological polar surface area (TPSA) is 46.7 Å². The number of hydrogen-bond acceptors (Lipinski definition) is 2. The summed E-state index contributed by atoms with van der Waals surface area (Å²) < 4.78 is 1.94. The van der Waals surface area contributed by atoms with Gasteiger partial charge in [0.2, 0.25) is 0 Å². The van der Waals surface area contributed by atoms with Gasteiger partial charge in [-0.15, -0.1) is 11.6 Å². The Morgan fingerprint density at radius 2 is 2.32 bits per heavy atom. The number of aromatic nitrogens is 1. The van der Waals surface area contributed by atoms with Crippen LogP contribution in [0, 0.1) is 5.92 Å². The monoisotopic (exact) mass is 283 g/mol. The van der Waals surface area contributed by atoms with Gasteiger partial charge < -0.3 is 14.6 Å². The lowest BCUT2D eigenvalue weighted by Crippen LogP contribution is -3.15. The molecule has 1 aromatic heterocycles. The van der Waals surface area contributed by atoms with Crippen LogP contribution in [-0.2, 0) is 6.54 Å². The van der Waals surface area contributed by atoms with Crippen LogP contribution in [-0.4, -0.2) is 41.3 Å². The minimum atomic E-state index is -0.423. The Morgan fingerprint density at radius 3 is 3.11 bits per heavy atom. The molecule has 0 radical (unpaired) electrons. The maximum atomic E-state index is 11.9. The van der Waals surface area contributed by atoms with Gasteiger partial charge in [-0.25, -0.2) is 0 Å². The van der Waals surface area contributed by atoms with E-state index >= 15 is 0 Å². The average molecular weight is 284 g/mol. The van der Waals surface area contributed by atoms with Crippen LogP contribution in [0.25, 0.3) is 0 Å². The molecule has 0 aromatic carbocycles. The van der Waals surface area contributed by atoms with Crippen molar-refractivity contribution in [2.24, 2.45) is 5.92 Å². The minimum Gasteiger partial charge on any atom is -0.386 e. The summed E-state index contributed by atoms with van der Waals surface area (Å²) in [6, 6.07) is 5.58. The second-order valence-corrected chi connectivity index (χ2v) is 6.18. The third kappa shape index (κ3) is 2.57. The predicted octanol–water partition coefficient (Wildman–Crippen LogP) is -0.550. The highest BCUT2D eigenvalue weighted by Crippen LogP contribution is 2.29. The minimum absolute atomic E-state index is 0.122. The van der Waals surface area contributed by atoms with Gasteiger partial charge in [0, 0.05) is 30.1 Å². The largest absolute Gasteiger partial charge is 0.386 e. The first-order chi connectivity index (χ1) is 9.17. The van der Waals surface area contributed by atoms with Crippen LogP contribution in [0.5, 0.6) is 0 Å². The molecule has 1 unspecified atom stereocenters. The molecule has 2 aliphatic rings. The van der Waals surface area contributed by atoms with Gasteiger partial charge in [-0.3, -0.25) is 4.79 Å². The Balaban J connectivity index is 1.82. The van der Waals surface area contributed by atoms with Crippen LogP contribution in [0.2, 0.25) is 0 Å². The van der Waals surface area contributed by atoms with E-state index < -0.39 is 6.10 Å². The summed E-state index contributed by atoms with van der Waals surface area (Å²) in [5, 5.41) is 9.70. The van der Waals surface area contributed by atoms with Crippen molar-refractivity contribution in [1.29, 1.82) is 0 Å². The molecule has 1 fully saturated rings. The van der Waals surface area contributed by atoms with Crippen molar-refractivity contribution in [3.63, 3.8) is 0 Å². The summed E-state index contributed by atoms with van der Waals surface area (Å²) in [6.45, 7) is 3.57. The Kier molecular flexibility index (Phi) is 3.65. The molecule has 0 amide bonds. The molecule has 4 atom stereocenters. The van der Waals surface area contributed by atoms with Crippen molar-refractivity contribution in [2.75, 3.05) is 25.5 Å². The maximum Gasteiger partial charge on any atom is 0.250 e. The summed E-state index contributed by atoms with van der Waals surface area (Å²) in [5.41, 5.74) is 1.29. The SMILES string of the molecule is O=c1cccc2n1C[C@@H]1C[C@H]2C[NH+](C[C@@H](O)CCl)C1. The number of likely N-dealkylation sites (tertiary alicyclic amines) is 1. The molecule has 19 heavy (non-hydrogen) atoms. The van der Waals surface area contributed by atoms with Crippen molar-refractivity contribution in [3.05, 3.63) is 34.2 Å². The zero-order valence-corrected chi connectivity index (χ0v) is 11.6. The van der Waals surface area contributed by atoms with Gasteiger partial charge in [0.1, 0.15) is 12.6 Å². The summed E-state index contributed by atoms with van der Waals surface area (Å²) in [6.07, 6.45) is 0.748. The number of nitrogens with zero attached hydrogens (tertiary/aromatic N) is 1. The predicted molar refractivity (Wildman–Crippen MR) is 73.8 cm³/mol. The van der Waals surface area contributed by atoms with Gasteiger partial charge in [0.25, 0.3) is 5.56 Å². The number of rotatable bonds is 3. The van der Waals surface area contributed by atoms with Gasteiger partial charge in [0.15, 0.2) is 0 Å². The van der Waals surface area contributed by atoms with Crippen LogP contribution < -0.4 is 10.5 Å². The van der Waals surface area contributed by atoms with Crippen molar-refractivity contribution < 1.29 is 10.0 Å². The van der Waals surface area contributed by atoms with E-state index in [9.17, 15) is 9.90 Å². The Morgan fingerprint density at radius 1 is 1.47 bits per heavy atom. The lowest BCUT2D eigenvalue weighted by Gasteiger charge is -2.40. The van der Waals surface area contributed by atoms with Crippen molar-refractivity contribution in [2.45, 2.75) is 25.0 Å². The fourth-order valence-electron chi connectivity index (χ4n) is 3.67. The summed E-state index contributed by atoms with van der Waals surface area (Å²) >= 11 is 5.68. The van der Waals surface area contributed by atoms with E-state index in [0.29, 0.717) is 24.3 Å². The number of halogens is 1. The molecule has 4 nitrogen and oxygen atoms in total. The first-order valence-corrected chi connectivity index (χ1v) is 7.48. The molecule has 2 aliphatic heterocycles. The standard InChI is InChI=1S/C14H19ClN2O2/c15-5-12(18)9-16-6-10-4-11(8-16)13-2-1-3-14(19)17(13)7-10/h1-3,10-12,18H,4-9H2/p+1/t10-,11+,12+/m1/s1. The number of alkyl halides is 1. The Labute approximate surface area is 117 Å². The number of aliphatic hydroxyl groups excluding tert-OH is 1. The average Bonchev–Trinajstić information content (AvgIpc) is 2.40. The Bertz CT molecular complexity index is 516. The third-order valence-electron chi connectivity index (χ3n) is 4.38. The highest BCUT2D eigenvalue weighted by Gasteiger charge is 2.37. The molecule has 0 aliphatic carbocycles. The molecular weight excluding hydrogens is 264 g/mol. The third-order valence-corrected chi connectivity index (χ3v) is 4.73. The quantitative estimate of drug-likeness (QED) is 0.732. The molecule has 2 N–H and O–H groups in total. The van der Waals surface area contributed by atoms with Gasteiger partial charge in [-0.05, 0) is 12.5 Å². The van der Waals surface area contributed by atoms with E-state index in [4.69, 9.17) is 11.6 Å². The molecule has 5 heteroatoms. The van der Waals surface area contributed by atoms with Gasteiger partial charge in [0.05, 0.1) is 19.0 Å². The summed E-state index contributed by atoms with van der Waals surface area (Å²) in [5.74, 6) is 1.29. The molecular formula is C14H20ClN2O2+. The molecule has 3 heterocycles. The zero-order valence-electron chi connectivity index (χ0n) is 10.9. The van der Waals surface area contributed by atoms with E-state index in [1.807, 2.05) is 10.6 Å². The first kappa shape index (κ1) is 13.2. The Hall–Kier alpha value is -0.840. The number of pyridine rings is 1. The lowest BCUT2D eigenvalue weighted by atomic mass is 9.83. The van der Waals surface area contributed by atoms with Crippen molar-refractivity contribution in [1.82, 2.24) is 4.57 Å². The highest BCUT2D eigenvalue weighted by atomic mass is 35.5. The van der Waals surface area contributed by atoms with Crippen LogP contribution in [0.3, 0.4) is 0 Å². The molecule has 3 rings (SSSR count). The second kappa shape index (κ2) is 5.27. The number of fused-ring (bicyclic) bond motifs is 4. The number of aliphatic hydroxyl groups is 1. The van der Waals surface area contributed by atoms with E-state index in [1.54, 1.807) is 6.07 Å². The summed E-state index contributed by atoms with van der Waals surface area (Å²) in [7, 11) is 0. The molecule has 0 spiro atoms. The van der Waals surface area contributed by atoms with Gasteiger partial charge >= 0.3 is 0 Å². The van der Waals surface area contributed by atoms with Crippen LogP contribution in [0.4, 0.5) is 0 Å².